The van der Waals surface area contributed by atoms with Gasteiger partial charge in [-0.25, -0.2) is 4.98 Å². The van der Waals surface area contributed by atoms with Crippen molar-refractivity contribution < 1.29 is 4.74 Å². The highest BCUT2D eigenvalue weighted by atomic mass is 35.5. The molecule has 0 unspecified atom stereocenters. The van der Waals surface area contributed by atoms with Crippen LogP contribution in [0, 0.1) is 0 Å². The Morgan fingerprint density at radius 2 is 2.27 bits per heavy atom. The average molecular weight is 231 g/mol. The highest BCUT2D eigenvalue weighted by Crippen LogP contribution is 2.19. The first-order valence-electron chi connectivity index (χ1n) is 4.51. The molecule has 1 aromatic heterocycles. The van der Waals surface area contributed by atoms with Crippen molar-refractivity contribution in [1.29, 1.82) is 0 Å². The molecule has 0 radical (unpaired) electrons. The summed E-state index contributed by atoms with van der Waals surface area (Å²) in [5.74, 6) is 0.714. The van der Waals surface area contributed by atoms with Crippen LogP contribution in [0.25, 0.3) is 0 Å². The molecular formula is C9H15ClN4O. The molecular weight excluding hydrogens is 216 g/mol. The number of nitrogen functional groups attached to an aromatic ring is 1. The van der Waals surface area contributed by atoms with Gasteiger partial charge >= 0.3 is 0 Å². The molecule has 1 heterocycles. The Morgan fingerprint density at radius 3 is 2.87 bits per heavy atom. The quantitative estimate of drug-likeness (QED) is 0.821. The van der Waals surface area contributed by atoms with Gasteiger partial charge in [-0.05, 0) is 13.8 Å². The molecule has 0 fully saturated rings. The SMILES string of the molecule is COC(C)(C)CNc1nc(N)ncc1Cl. The molecule has 0 spiro atoms. The Balaban J connectivity index is 2.69. The van der Waals surface area contributed by atoms with Crippen molar-refractivity contribution in [2.75, 3.05) is 24.7 Å². The van der Waals surface area contributed by atoms with Gasteiger partial charge < -0.3 is 15.8 Å². The molecule has 0 aliphatic heterocycles. The van der Waals surface area contributed by atoms with Gasteiger partial charge in [0.25, 0.3) is 0 Å². The van der Waals surface area contributed by atoms with Gasteiger partial charge in [0.1, 0.15) is 5.02 Å². The maximum absolute atomic E-state index is 5.88. The summed E-state index contributed by atoms with van der Waals surface area (Å²) in [6.45, 7) is 4.50. The number of nitrogens with two attached hydrogens (primary N) is 1. The molecule has 3 N–H and O–H groups in total. The van der Waals surface area contributed by atoms with Crippen LogP contribution in [0.4, 0.5) is 11.8 Å². The number of methoxy groups -OCH3 is 1. The van der Waals surface area contributed by atoms with Gasteiger partial charge in [-0.15, -0.1) is 0 Å². The zero-order valence-corrected chi connectivity index (χ0v) is 9.80. The topological polar surface area (TPSA) is 73.1 Å². The summed E-state index contributed by atoms with van der Waals surface area (Å²) >= 11 is 5.88. The molecule has 0 aliphatic rings. The van der Waals surface area contributed by atoms with E-state index in [2.05, 4.69) is 15.3 Å². The Morgan fingerprint density at radius 1 is 1.60 bits per heavy atom. The van der Waals surface area contributed by atoms with Crippen LogP contribution >= 0.6 is 11.6 Å². The van der Waals surface area contributed by atoms with Gasteiger partial charge in [0.05, 0.1) is 11.8 Å². The molecule has 0 aromatic carbocycles. The number of anilines is 2. The van der Waals surface area contributed by atoms with Gasteiger partial charge in [-0.3, -0.25) is 0 Å². The maximum Gasteiger partial charge on any atom is 0.222 e. The number of aromatic nitrogens is 2. The minimum absolute atomic E-state index is 0.192. The predicted molar refractivity (Wildman–Crippen MR) is 61.0 cm³/mol. The number of hydrogen-bond donors (Lipinski definition) is 2. The monoisotopic (exact) mass is 230 g/mol. The maximum atomic E-state index is 5.88. The van der Waals surface area contributed by atoms with Crippen molar-refractivity contribution in [3.63, 3.8) is 0 Å². The van der Waals surface area contributed by atoms with E-state index in [0.717, 1.165) is 0 Å². The normalized spacial score (nSPS) is 11.5. The number of nitrogens with one attached hydrogen (secondary N) is 1. The molecule has 5 nitrogen and oxygen atoms in total. The fourth-order valence-corrected chi connectivity index (χ4v) is 1.03. The Bertz CT molecular complexity index is 343. The van der Waals surface area contributed by atoms with Crippen LogP contribution in [0.1, 0.15) is 13.8 Å². The minimum atomic E-state index is -0.289. The van der Waals surface area contributed by atoms with Crippen LogP contribution in [0.15, 0.2) is 6.20 Å². The third-order valence-electron chi connectivity index (χ3n) is 2.00. The lowest BCUT2D eigenvalue weighted by atomic mass is 10.1. The smallest absolute Gasteiger partial charge is 0.222 e. The van der Waals surface area contributed by atoms with E-state index in [9.17, 15) is 0 Å². The molecule has 0 bridgehead atoms. The van der Waals surface area contributed by atoms with Gasteiger partial charge in [0.15, 0.2) is 5.82 Å². The molecule has 0 saturated heterocycles. The first-order chi connectivity index (χ1) is 6.94. The average Bonchev–Trinajstić information content (AvgIpc) is 2.20. The molecule has 0 saturated carbocycles. The fourth-order valence-electron chi connectivity index (χ4n) is 0.873. The number of hydrogen-bond acceptors (Lipinski definition) is 5. The third-order valence-corrected chi connectivity index (χ3v) is 2.27. The van der Waals surface area contributed by atoms with E-state index < -0.39 is 0 Å². The molecule has 0 amide bonds. The first-order valence-corrected chi connectivity index (χ1v) is 4.89. The predicted octanol–water partition coefficient (Wildman–Crippen LogP) is 1.55. The summed E-state index contributed by atoms with van der Waals surface area (Å²) in [4.78, 5) is 7.75. The van der Waals surface area contributed by atoms with Crippen LogP contribution in [0.2, 0.25) is 5.02 Å². The minimum Gasteiger partial charge on any atom is -0.377 e. The molecule has 84 valence electrons. The first kappa shape index (κ1) is 12.0. The Kier molecular flexibility index (Phi) is 3.71. The van der Waals surface area contributed by atoms with E-state index in [0.29, 0.717) is 17.4 Å². The van der Waals surface area contributed by atoms with Crippen LogP contribution in [0.5, 0.6) is 0 Å². The second-order valence-electron chi connectivity index (χ2n) is 3.74. The highest BCUT2D eigenvalue weighted by molar-refractivity contribution is 6.32. The summed E-state index contributed by atoms with van der Waals surface area (Å²) in [5, 5.41) is 3.50. The Labute approximate surface area is 94.0 Å². The van der Waals surface area contributed by atoms with Crippen molar-refractivity contribution >= 4 is 23.4 Å². The van der Waals surface area contributed by atoms with E-state index in [-0.39, 0.29) is 11.5 Å². The van der Waals surface area contributed by atoms with E-state index in [1.54, 1.807) is 7.11 Å². The molecule has 1 rings (SSSR count). The van der Waals surface area contributed by atoms with Crippen LogP contribution in [0.3, 0.4) is 0 Å². The number of ether oxygens (including phenoxy) is 1. The van der Waals surface area contributed by atoms with E-state index >= 15 is 0 Å². The number of rotatable bonds is 4. The van der Waals surface area contributed by atoms with Crippen molar-refractivity contribution in [3.05, 3.63) is 11.2 Å². The zero-order chi connectivity index (χ0) is 11.5. The summed E-state index contributed by atoms with van der Waals surface area (Å²) in [6.07, 6.45) is 1.46. The number of halogens is 1. The van der Waals surface area contributed by atoms with Gasteiger partial charge in [0, 0.05) is 13.7 Å². The number of nitrogens with zero attached hydrogens (tertiary/aromatic N) is 2. The van der Waals surface area contributed by atoms with Gasteiger partial charge in [0.2, 0.25) is 5.95 Å². The highest BCUT2D eigenvalue weighted by Gasteiger charge is 2.16. The summed E-state index contributed by atoms with van der Waals surface area (Å²) in [6, 6.07) is 0. The van der Waals surface area contributed by atoms with Crippen LogP contribution < -0.4 is 11.1 Å². The Hall–Kier alpha value is -1.07. The zero-order valence-electron chi connectivity index (χ0n) is 9.04. The van der Waals surface area contributed by atoms with Crippen LogP contribution in [-0.4, -0.2) is 29.2 Å². The lowest BCUT2D eigenvalue weighted by molar-refractivity contribution is 0.0343. The summed E-state index contributed by atoms with van der Waals surface area (Å²) < 4.78 is 5.25. The second kappa shape index (κ2) is 4.63. The lowest BCUT2D eigenvalue weighted by Crippen LogP contribution is -2.32. The lowest BCUT2D eigenvalue weighted by Gasteiger charge is -2.23. The van der Waals surface area contributed by atoms with E-state index in [4.69, 9.17) is 22.1 Å². The van der Waals surface area contributed by atoms with Gasteiger partial charge in [-0.1, -0.05) is 11.6 Å². The van der Waals surface area contributed by atoms with Crippen molar-refractivity contribution in [2.45, 2.75) is 19.4 Å². The van der Waals surface area contributed by atoms with Crippen molar-refractivity contribution in [3.8, 4) is 0 Å². The van der Waals surface area contributed by atoms with E-state index in [1.165, 1.54) is 6.20 Å². The molecule has 6 heteroatoms. The standard InChI is InChI=1S/C9H15ClN4O/c1-9(2,15-3)5-13-7-6(10)4-12-8(11)14-7/h4H,5H2,1-3H3,(H3,11,12,13,14). The van der Waals surface area contributed by atoms with Gasteiger partial charge in [-0.2, -0.15) is 4.98 Å². The molecule has 0 atom stereocenters. The summed E-state index contributed by atoms with van der Waals surface area (Å²) in [7, 11) is 1.65. The van der Waals surface area contributed by atoms with Crippen molar-refractivity contribution in [1.82, 2.24) is 9.97 Å². The van der Waals surface area contributed by atoms with E-state index in [1.807, 2.05) is 13.8 Å². The van der Waals surface area contributed by atoms with Crippen LogP contribution in [-0.2, 0) is 4.74 Å². The fraction of sp³-hybridized carbons (Fsp3) is 0.556. The molecule has 1 aromatic rings. The second-order valence-corrected chi connectivity index (χ2v) is 4.15. The third kappa shape index (κ3) is 3.53. The molecule has 0 aliphatic carbocycles. The largest absolute Gasteiger partial charge is 0.377 e. The van der Waals surface area contributed by atoms with Crippen molar-refractivity contribution in [2.24, 2.45) is 0 Å². The molecule has 15 heavy (non-hydrogen) atoms. The summed E-state index contributed by atoms with van der Waals surface area (Å²) in [5.41, 5.74) is 5.16.